The Balaban J connectivity index is 2.05. The summed E-state index contributed by atoms with van der Waals surface area (Å²) in [6.45, 7) is 6.99. The number of rotatable bonds is 5. The van der Waals surface area contributed by atoms with Crippen molar-refractivity contribution in [2.24, 2.45) is 5.41 Å². The molecule has 1 N–H and O–H groups in total. The van der Waals surface area contributed by atoms with E-state index in [0.29, 0.717) is 18.0 Å². The van der Waals surface area contributed by atoms with Gasteiger partial charge in [0, 0.05) is 24.2 Å². The normalized spacial score (nSPS) is 18.4. The van der Waals surface area contributed by atoms with Crippen LogP contribution in [0, 0.1) is 22.5 Å². The van der Waals surface area contributed by atoms with E-state index in [9.17, 15) is 10.1 Å². The summed E-state index contributed by atoms with van der Waals surface area (Å²) in [5.74, 6) is 0. The summed E-state index contributed by atoms with van der Waals surface area (Å²) in [4.78, 5) is 10.6. The van der Waals surface area contributed by atoms with Crippen LogP contribution >= 0.6 is 0 Å². The Hall–Kier alpha value is -1.42. The van der Waals surface area contributed by atoms with Gasteiger partial charge >= 0.3 is 0 Å². The molecule has 0 aromatic heterocycles. The monoisotopic (exact) mass is 248 g/mol. The number of nitrogens with zero attached hydrogens (tertiary/aromatic N) is 1. The molecule has 4 nitrogen and oxygen atoms in total. The Bertz CT molecular complexity index is 467. The van der Waals surface area contributed by atoms with Gasteiger partial charge < -0.3 is 5.32 Å². The van der Waals surface area contributed by atoms with E-state index >= 15 is 0 Å². The van der Waals surface area contributed by atoms with Crippen LogP contribution in [-0.2, 0) is 6.54 Å². The standard InChI is InChI=1S/C14H20N2O2/c1-10-12(5-4-6-13(10)16(17)18)9-15-11(2)14(3)7-8-14/h4-6,11,15H,7-9H2,1-3H3. The van der Waals surface area contributed by atoms with Crippen molar-refractivity contribution in [3.05, 3.63) is 39.4 Å². The van der Waals surface area contributed by atoms with Crippen LogP contribution in [0.2, 0.25) is 0 Å². The van der Waals surface area contributed by atoms with E-state index in [1.54, 1.807) is 12.1 Å². The van der Waals surface area contributed by atoms with Crippen molar-refractivity contribution in [3.63, 3.8) is 0 Å². The minimum absolute atomic E-state index is 0.208. The summed E-state index contributed by atoms with van der Waals surface area (Å²) in [5.41, 5.74) is 2.41. The average molecular weight is 248 g/mol. The highest BCUT2D eigenvalue weighted by atomic mass is 16.6. The first-order valence-corrected chi connectivity index (χ1v) is 6.40. The molecule has 0 amide bonds. The van der Waals surface area contributed by atoms with E-state index in [4.69, 9.17) is 0 Å². The summed E-state index contributed by atoms with van der Waals surface area (Å²) in [6.07, 6.45) is 2.55. The molecule has 0 heterocycles. The molecule has 98 valence electrons. The van der Waals surface area contributed by atoms with Gasteiger partial charge in [-0.05, 0) is 37.7 Å². The third kappa shape index (κ3) is 2.53. The van der Waals surface area contributed by atoms with E-state index in [2.05, 4.69) is 19.2 Å². The van der Waals surface area contributed by atoms with Gasteiger partial charge in [0.2, 0.25) is 0 Å². The highest BCUT2D eigenvalue weighted by Crippen LogP contribution is 2.48. The fourth-order valence-corrected chi connectivity index (χ4v) is 2.20. The zero-order valence-corrected chi connectivity index (χ0v) is 11.2. The van der Waals surface area contributed by atoms with Crippen LogP contribution in [-0.4, -0.2) is 11.0 Å². The zero-order valence-electron chi connectivity index (χ0n) is 11.2. The van der Waals surface area contributed by atoms with E-state index in [0.717, 1.165) is 11.1 Å². The third-order valence-corrected chi connectivity index (χ3v) is 4.30. The quantitative estimate of drug-likeness (QED) is 0.643. The molecule has 1 fully saturated rings. The SMILES string of the molecule is Cc1c(CNC(C)C2(C)CC2)cccc1[N+](=O)[O-]. The van der Waals surface area contributed by atoms with Gasteiger partial charge in [0.05, 0.1) is 4.92 Å². The van der Waals surface area contributed by atoms with Gasteiger partial charge in [-0.3, -0.25) is 10.1 Å². The summed E-state index contributed by atoms with van der Waals surface area (Å²) >= 11 is 0. The minimum Gasteiger partial charge on any atom is -0.310 e. The van der Waals surface area contributed by atoms with E-state index in [1.165, 1.54) is 12.8 Å². The second kappa shape index (κ2) is 4.69. The van der Waals surface area contributed by atoms with Gasteiger partial charge in [-0.2, -0.15) is 0 Å². The number of hydrogen-bond acceptors (Lipinski definition) is 3. The largest absolute Gasteiger partial charge is 0.310 e. The molecule has 0 spiro atoms. The number of nitro groups is 1. The molecule has 18 heavy (non-hydrogen) atoms. The van der Waals surface area contributed by atoms with Crippen molar-refractivity contribution in [2.45, 2.75) is 46.2 Å². The maximum Gasteiger partial charge on any atom is 0.272 e. The first kappa shape index (κ1) is 13.0. The first-order chi connectivity index (χ1) is 8.44. The molecule has 1 atom stereocenters. The second-order valence-electron chi connectivity index (χ2n) is 5.57. The van der Waals surface area contributed by atoms with Crippen LogP contribution in [0.25, 0.3) is 0 Å². The molecule has 0 saturated heterocycles. The molecule has 1 aliphatic rings. The Labute approximate surface area is 108 Å². The summed E-state index contributed by atoms with van der Waals surface area (Å²) in [5, 5.41) is 14.4. The molecule has 0 aliphatic heterocycles. The van der Waals surface area contributed by atoms with Crippen molar-refractivity contribution >= 4 is 5.69 Å². The molecular formula is C14H20N2O2. The Morgan fingerprint density at radius 1 is 1.50 bits per heavy atom. The van der Waals surface area contributed by atoms with Gasteiger partial charge in [0.1, 0.15) is 0 Å². The lowest BCUT2D eigenvalue weighted by atomic mass is 10.00. The molecule has 0 bridgehead atoms. The zero-order chi connectivity index (χ0) is 13.3. The number of hydrogen-bond donors (Lipinski definition) is 1. The summed E-state index contributed by atoms with van der Waals surface area (Å²) < 4.78 is 0. The predicted molar refractivity (Wildman–Crippen MR) is 71.5 cm³/mol. The lowest BCUT2D eigenvalue weighted by Gasteiger charge is -2.20. The van der Waals surface area contributed by atoms with Crippen molar-refractivity contribution < 1.29 is 4.92 Å². The fraction of sp³-hybridized carbons (Fsp3) is 0.571. The maximum absolute atomic E-state index is 10.9. The van der Waals surface area contributed by atoms with Crippen molar-refractivity contribution in [2.75, 3.05) is 0 Å². The van der Waals surface area contributed by atoms with Crippen LogP contribution in [0.15, 0.2) is 18.2 Å². The number of benzene rings is 1. The van der Waals surface area contributed by atoms with Gasteiger partial charge in [-0.15, -0.1) is 0 Å². The predicted octanol–water partition coefficient (Wildman–Crippen LogP) is 3.18. The van der Waals surface area contributed by atoms with Crippen LogP contribution < -0.4 is 5.32 Å². The maximum atomic E-state index is 10.9. The van der Waals surface area contributed by atoms with Crippen molar-refractivity contribution in [3.8, 4) is 0 Å². The van der Waals surface area contributed by atoms with E-state index in [1.807, 2.05) is 13.0 Å². The first-order valence-electron chi connectivity index (χ1n) is 6.40. The van der Waals surface area contributed by atoms with E-state index < -0.39 is 0 Å². The van der Waals surface area contributed by atoms with Gasteiger partial charge in [0.15, 0.2) is 0 Å². The van der Waals surface area contributed by atoms with Gasteiger partial charge in [-0.25, -0.2) is 0 Å². The summed E-state index contributed by atoms with van der Waals surface area (Å²) in [7, 11) is 0. The van der Waals surface area contributed by atoms with Crippen LogP contribution in [0.1, 0.15) is 37.8 Å². The fourth-order valence-electron chi connectivity index (χ4n) is 2.20. The minimum atomic E-state index is -0.315. The Morgan fingerprint density at radius 2 is 2.17 bits per heavy atom. The average Bonchev–Trinajstić information content (AvgIpc) is 3.06. The van der Waals surface area contributed by atoms with Gasteiger partial charge in [-0.1, -0.05) is 19.1 Å². The van der Waals surface area contributed by atoms with E-state index in [-0.39, 0.29) is 10.6 Å². The molecule has 1 aromatic carbocycles. The van der Waals surface area contributed by atoms with Crippen molar-refractivity contribution in [1.82, 2.24) is 5.32 Å². The number of nitro benzene ring substituents is 1. The molecule has 1 aliphatic carbocycles. The molecule has 1 saturated carbocycles. The smallest absolute Gasteiger partial charge is 0.272 e. The summed E-state index contributed by atoms with van der Waals surface area (Å²) in [6, 6.07) is 5.73. The van der Waals surface area contributed by atoms with Crippen LogP contribution in [0.5, 0.6) is 0 Å². The molecule has 4 heteroatoms. The topological polar surface area (TPSA) is 55.2 Å². The molecule has 2 rings (SSSR count). The third-order valence-electron chi connectivity index (χ3n) is 4.30. The molecular weight excluding hydrogens is 228 g/mol. The Morgan fingerprint density at radius 3 is 2.72 bits per heavy atom. The van der Waals surface area contributed by atoms with Crippen LogP contribution in [0.4, 0.5) is 5.69 Å². The highest BCUT2D eigenvalue weighted by Gasteiger charge is 2.42. The lowest BCUT2D eigenvalue weighted by Crippen LogP contribution is -2.33. The molecule has 0 radical (unpaired) electrons. The van der Waals surface area contributed by atoms with Gasteiger partial charge in [0.25, 0.3) is 5.69 Å². The Kier molecular flexibility index (Phi) is 3.39. The highest BCUT2D eigenvalue weighted by molar-refractivity contribution is 5.44. The molecule has 1 aromatic rings. The number of nitrogens with one attached hydrogen (secondary N) is 1. The lowest BCUT2D eigenvalue weighted by molar-refractivity contribution is -0.385. The second-order valence-corrected chi connectivity index (χ2v) is 5.57. The molecule has 1 unspecified atom stereocenters. The van der Waals surface area contributed by atoms with Crippen molar-refractivity contribution in [1.29, 1.82) is 0 Å². The van der Waals surface area contributed by atoms with Crippen LogP contribution in [0.3, 0.4) is 0 Å².